The van der Waals surface area contributed by atoms with E-state index in [4.69, 9.17) is 9.47 Å². The molecule has 0 aliphatic carbocycles. The van der Waals surface area contributed by atoms with Crippen LogP contribution in [0.4, 0.5) is 0 Å². The third-order valence-electron chi connectivity index (χ3n) is 4.23. The van der Waals surface area contributed by atoms with Gasteiger partial charge in [0, 0.05) is 34.2 Å². The highest BCUT2D eigenvalue weighted by Gasteiger charge is 2.19. The first-order chi connectivity index (χ1) is 10.3. The Bertz CT molecular complexity index is 245. The van der Waals surface area contributed by atoms with Crippen LogP contribution in [0.25, 0.3) is 0 Å². The van der Waals surface area contributed by atoms with Crippen molar-refractivity contribution in [2.24, 2.45) is 5.92 Å². The SMILES string of the molecule is CCCCCOCCN1CCOC(CNCC(C)CC)C1.[HH]. The van der Waals surface area contributed by atoms with Gasteiger partial charge in [0.25, 0.3) is 0 Å². The number of morpholine rings is 1. The van der Waals surface area contributed by atoms with Crippen molar-refractivity contribution in [1.82, 2.24) is 10.2 Å². The van der Waals surface area contributed by atoms with Crippen LogP contribution < -0.4 is 5.32 Å². The molecule has 0 amide bonds. The van der Waals surface area contributed by atoms with E-state index in [1.165, 1.54) is 25.7 Å². The van der Waals surface area contributed by atoms with Crippen LogP contribution in [0.15, 0.2) is 0 Å². The van der Waals surface area contributed by atoms with Crippen LogP contribution in [0.3, 0.4) is 0 Å². The molecule has 0 aromatic heterocycles. The summed E-state index contributed by atoms with van der Waals surface area (Å²) in [5.41, 5.74) is 0. The van der Waals surface area contributed by atoms with E-state index in [0.717, 1.165) is 58.5 Å². The maximum absolute atomic E-state index is 5.84. The average Bonchev–Trinajstić information content (AvgIpc) is 2.51. The minimum Gasteiger partial charge on any atom is -0.380 e. The molecule has 2 atom stereocenters. The Labute approximate surface area is 133 Å². The standard InChI is InChI=1S/C17H36N2O2.H2/c1-4-6-7-10-20-11-8-19-9-12-21-17(15-19)14-18-13-16(3)5-2;/h16-18H,4-15H2,1-3H3;1H. The maximum Gasteiger partial charge on any atom is 0.0826 e. The van der Waals surface area contributed by atoms with Crippen LogP contribution in [0.1, 0.15) is 47.9 Å². The van der Waals surface area contributed by atoms with Crippen molar-refractivity contribution in [2.75, 3.05) is 52.5 Å². The number of hydrogen-bond donors (Lipinski definition) is 1. The number of ether oxygens (including phenoxy) is 2. The van der Waals surface area contributed by atoms with Gasteiger partial charge in [-0.05, 0) is 18.9 Å². The van der Waals surface area contributed by atoms with E-state index >= 15 is 0 Å². The fraction of sp³-hybridized carbons (Fsp3) is 1.00. The van der Waals surface area contributed by atoms with Gasteiger partial charge >= 0.3 is 0 Å². The summed E-state index contributed by atoms with van der Waals surface area (Å²) < 4.78 is 11.5. The van der Waals surface area contributed by atoms with Crippen LogP contribution in [0.2, 0.25) is 0 Å². The Morgan fingerprint density at radius 3 is 2.95 bits per heavy atom. The lowest BCUT2D eigenvalue weighted by molar-refractivity contribution is -0.0351. The summed E-state index contributed by atoms with van der Waals surface area (Å²) in [5.74, 6) is 0.751. The summed E-state index contributed by atoms with van der Waals surface area (Å²) in [4.78, 5) is 2.47. The highest BCUT2D eigenvalue weighted by atomic mass is 16.5. The van der Waals surface area contributed by atoms with Gasteiger partial charge in [-0.25, -0.2) is 0 Å². The van der Waals surface area contributed by atoms with Gasteiger partial charge in [-0.1, -0.05) is 40.0 Å². The number of nitrogens with one attached hydrogen (secondary N) is 1. The van der Waals surface area contributed by atoms with E-state index in [9.17, 15) is 0 Å². The van der Waals surface area contributed by atoms with Crippen molar-refractivity contribution < 1.29 is 10.9 Å². The van der Waals surface area contributed by atoms with Crippen LogP contribution in [0, 0.1) is 5.92 Å². The lowest BCUT2D eigenvalue weighted by Gasteiger charge is -2.33. The van der Waals surface area contributed by atoms with Crippen LogP contribution >= 0.6 is 0 Å². The largest absolute Gasteiger partial charge is 0.380 e. The van der Waals surface area contributed by atoms with Gasteiger partial charge in [0.05, 0.1) is 19.3 Å². The topological polar surface area (TPSA) is 33.7 Å². The van der Waals surface area contributed by atoms with E-state index in [0.29, 0.717) is 6.10 Å². The van der Waals surface area contributed by atoms with Gasteiger partial charge in [-0.3, -0.25) is 4.90 Å². The lowest BCUT2D eigenvalue weighted by Crippen LogP contribution is -2.47. The minimum absolute atomic E-state index is 0. The monoisotopic (exact) mass is 302 g/mol. The zero-order valence-corrected chi connectivity index (χ0v) is 14.4. The zero-order valence-electron chi connectivity index (χ0n) is 14.4. The molecule has 1 fully saturated rings. The third-order valence-corrected chi connectivity index (χ3v) is 4.23. The highest BCUT2D eigenvalue weighted by Crippen LogP contribution is 2.05. The Balaban J connectivity index is 0.00000441. The molecular weight excluding hydrogens is 264 g/mol. The summed E-state index contributed by atoms with van der Waals surface area (Å²) in [5, 5.41) is 3.53. The van der Waals surface area contributed by atoms with Gasteiger partial charge in [0.2, 0.25) is 0 Å². The van der Waals surface area contributed by atoms with Crippen LogP contribution in [-0.2, 0) is 9.47 Å². The smallest absolute Gasteiger partial charge is 0.0826 e. The molecule has 21 heavy (non-hydrogen) atoms. The Kier molecular flexibility index (Phi) is 11.1. The first-order valence-electron chi connectivity index (χ1n) is 8.88. The average molecular weight is 303 g/mol. The van der Waals surface area contributed by atoms with Crippen molar-refractivity contribution in [3.05, 3.63) is 0 Å². The molecule has 0 radical (unpaired) electrons. The van der Waals surface area contributed by atoms with Gasteiger partial charge in [-0.15, -0.1) is 0 Å². The number of nitrogens with zero attached hydrogens (tertiary/aromatic N) is 1. The molecule has 2 unspecified atom stereocenters. The molecule has 0 spiro atoms. The molecular formula is C17H38N2O2. The maximum atomic E-state index is 5.84. The summed E-state index contributed by atoms with van der Waals surface area (Å²) >= 11 is 0. The van der Waals surface area contributed by atoms with Gasteiger partial charge in [0.1, 0.15) is 0 Å². The van der Waals surface area contributed by atoms with Gasteiger partial charge in [0.15, 0.2) is 0 Å². The second-order valence-corrected chi connectivity index (χ2v) is 6.28. The van der Waals surface area contributed by atoms with E-state index < -0.39 is 0 Å². The quantitative estimate of drug-likeness (QED) is 0.562. The van der Waals surface area contributed by atoms with Crippen molar-refractivity contribution >= 4 is 0 Å². The zero-order chi connectivity index (χ0) is 15.3. The summed E-state index contributed by atoms with van der Waals surface area (Å²) in [6, 6.07) is 0. The molecule has 4 heteroatoms. The molecule has 1 rings (SSSR count). The molecule has 4 nitrogen and oxygen atoms in total. The Morgan fingerprint density at radius 2 is 2.19 bits per heavy atom. The second-order valence-electron chi connectivity index (χ2n) is 6.28. The van der Waals surface area contributed by atoms with Crippen molar-refractivity contribution in [3.8, 4) is 0 Å². The predicted molar refractivity (Wildman–Crippen MR) is 91.0 cm³/mol. The molecule has 0 aromatic carbocycles. The van der Waals surface area contributed by atoms with Crippen LogP contribution in [0.5, 0.6) is 0 Å². The van der Waals surface area contributed by atoms with Gasteiger partial charge in [-0.2, -0.15) is 0 Å². The molecule has 1 aliphatic heterocycles. The molecule has 1 saturated heterocycles. The fourth-order valence-corrected chi connectivity index (χ4v) is 2.49. The minimum atomic E-state index is 0. The van der Waals surface area contributed by atoms with E-state index in [1.807, 2.05) is 0 Å². The molecule has 0 aromatic rings. The van der Waals surface area contributed by atoms with E-state index in [1.54, 1.807) is 0 Å². The van der Waals surface area contributed by atoms with Gasteiger partial charge < -0.3 is 14.8 Å². The molecule has 1 aliphatic rings. The molecule has 0 saturated carbocycles. The van der Waals surface area contributed by atoms with Crippen molar-refractivity contribution in [2.45, 2.75) is 52.6 Å². The fourth-order valence-electron chi connectivity index (χ4n) is 2.49. The van der Waals surface area contributed by atoms with E-state index in [-0.39, 0.29) is 1.43 Å². The molecule has 128 valence electrons. The van der Waals surface area contributed by atoms with E-state index in [2.05, 4.69) is 31.0 Å². The number of rotatable bonds is 12. The lowest BCUT2D eigenvalue weighted by atomic mass is 10.1. The molecule has 1 N–H and O–H groups in total. The molecule has 0 bridgehead atoms. The third kappa shape index (κ3) is 9.46. The molecule has 1 heterocycles. The normalized spacial score (nSPS) is 21.6. The first kappa shape index (κ1) is 18.9. The summed E-state index contributed by atoms with van der Waals surface area (Å²) in [7, 11) is 0. The summed E-state index contributed by atoms with van der Waals surface area (Å²) in [6.07, 6.45) is 5.31. The Morgan fingerprint density at radius 1 is 1.33 bits per heavy atom. The van der Waals surface area contributed by atoms with Crippen LogP contribution in [-0.4, -0.2) is 63.5 Å². The Hall–Kier alpha value is -0.160. The van der Waals surface area contributed by atoms with Crippen molar-refractivity contribution in [1.29, 1.82) is 0 Å². The number of hydrogen-bond acceptors (Lipinski definition) is 4. The van der Waals surface area contributed by atoms with Crippen molar-refractivity contribution in [3.63, 3.8) is 0 Å². The summed E-state index contributed by atoms with van der Waals surface area (Å²) in [6.45, 7) is 14.6. The number of unbranched alkanes of at least 4 members (excludes halogenated alkanes) is 2. The second kappa shape index (κ2) is 12.4. The highest BCUT2D eigenvalue weighted by molar-refractivity contribution is 4.73. The first-order valence-corrected chi connectivity index (χ1v) is 8.88. The predicted octanol–water partition coefficient (Wildman–Crippen LogP) is 2.78.